The van der Waals surface area contributed by atoms with Gasteiger partial charge >= 0.3 is 6.03 Å². The lowest BCUT2D eigenvalue weighted by atomic mass is 10.2. The molecule has 7 nitrogen and oxygen atoms in total. The van der Waals surface area contributed by atoms with Gasteiger partial charge in [0.1, 0.15) is 10.9 Å². The van der Waals surface area contributed by atoms with E-state index in [1.165, 1.54) is 6.20 Å². The lowest BCUT2D eigenvalue weighted by Gasteiger charge is -2.10. The van der Waals surface area contributed by atoms with Crippen molar-refractivity contribution in [1.82, 2.24) is 10.3 Å². The Labute approximate surface area is 131 Å². The summed E-state index contributed by atoms with van der Waals surface area (Å²) < 4.78 is 10.4. The normalized spacial score (nSPS) is 9.68. The van der Waals surface area contributed by atoms with Gasteiger partial charge in [-0.25, -0.2) is 9.78 Å². The number of rotatable bonds is 5. The Morgan fingerprint density at radius 2 is 2.14 bits per heavy atom. The lowest BCUT2D eigenvalue weighted by Crippen LogP contribution is -2.28. The molecule has 1 aromatic carbocycles. The number of amides is 2. The van der Waals surface area contributed by atoms with E-state index >= 15 is 0 Å². The summed E-state index contributed by atoms with van der Waals surface area (Å²) in [6.07, 6.45) is 1.41. The highest BCUT2D eigenvalue weighted by molar-refractivity contribution is 7.16. The highest BCUT2D eigenvalue weighted by Crippen LogP contribution is 2.27. The van der Waals surface area contributed by atoms with Gasteiger partial charge in [0.2, 0.25) is 0 Å². The molecule has 0 unspecified atom stereocenters. The van der Waals surface area contributed by atoms with Crippen molar-refractivity contribution < 1.29 is 14.3 Å². The van der Waals surface area contributed by atoms with Crippen LogP contribution in [0.25, 0.3) is 0 Å². The average molecular weight is 318 g/mol. The molecule has 0 radical (unpaired) electrons. The van der Waals surface area contributed by atoms with E-state index in [1.807, 2.05) is 12.1 Å². The van der Waals surface area contributed by atoms with E-state index in [1.54, 1.807) is 26.4 Å². The Morgan fingerprint density at radius 1 is 1.36 bits per heavy atom. The maximum atomic E-state index is 11.8. The zero-order chi connectivity index (χ0) is 15.9. The topological polar surface area (TPSA) is 96.3 Å². The number of hydrogen-bond acceptors (Lipinski definition) is 6. The molecule has 0 atom stereocenters. The molecule has 0 spiro atoms. The number of ether oxygens (including phenoxy) is 2. The SMILES string of the molecule is COc1ccc(CNC(=O)Nc2ncc(C#N)s2)cc1OC. The molecular formula is C14H14N4O3S. The van der Waals surface area contributed by atoms with E-state index < -0.39 is 6.03 Å². The number of benzene rings is 1. The minimum Gasteiger partial charge on any atom is -0.493 e. The number of thiazole rings is 1. The van der Waals surface area contributed by atoms with Crippen molar-refractivity contribution in [3.8, 4) is 17.6 Å². The summed E-state index contributed by atoms with van der Waals surface area (Å²) in [7, 11) is 3.11. The van der Waals surface area contributed by atoms with Gasteiger partial charge in [-0.2, -0.15) is 5.26 Å². The van der Waals surface area contributed by atoms with Crippen LogP contribution in [0.15, 0.2) is 24.4 Å². The first-order valence-corrected chi connectivity index (χ1v) is 7.09. The summed E-state index contributed by atoms with van der Waals surface area (Å²) in [5, 5.41) is 14.3. The molecule has 0 aliphatic carbocycles. The summed E-state index contributed by atoms with van der Waals surface area (Å²) in [5.74, 6) is 1.23. The van der Waals surface area contributed by atoms with Crippen molar-refractivity contribution in [2.45, 2.75) is 6.54 Å². The Morgan fingerprint density at radius 3 is 2.77 bits per heavy atom. The molecule has 22 heavy (non-hydrogen) atoms. The van der Waals surface area contributed by atoms with Crippen molar-refractivity contribution >= 4 is 22.5 Å². The van der Waals surface area contributed by atoms with Crippen LogP contribution in [0.4, 0.5) is 9.93 Å². The van der Waals surface area contributed by atoms with Crippen LogP contribution in [-0.2, 0) is 6.54 Å². The Balaban J connectivity index is 1.92. The first-order valence-electron chi connectivity index (χ1n) is 6.28. The molecule has 0 fully saturated rings. The maximum Gasteiger partial charge on any atom is 0.321 e. The molecule has 0 bridgehead atoms. The molecule has 2 aromatic rings. The molecule has 2 amide bonds. The Hall–Kier alpha value is -2.79. The third-order valence-electron chi connectivity index (χ3n) is 2.74. The summed E-state index contributed by atoms with van der Waals surface area (Å²) in [5.41, 5.74) is 0.865. The fourth-order valence-electron chi connectivity index (χ4n) is 1.70. The number of hydrogen-bond donors (Lipinski definition) is 2. The number of aromatic nitrogens is 1. The van der Waals surface area contributed by atoms with Crippen LogP contribution in [-0.4, -0.2) is 25.2 Å². The van der Waals surface area contributed by atoms with Gasteiger partial charge in [-0.1, -0.05) is 17.4 Å². The van der Waals surface area contributed by atoms with E-state index in [2.05, 4.69) is 15.6 Å². The number of nitriles is 1. The number of carbonyl (C=O) groups is 1. The highest BCUT2D eigenvalue weighted by Gasteiger charge is 2.08. The fraction of sp³-hybridized carbons (Fsp3) is 0.214. The van der Waals surface area contributed by atoms with E-state index in [-0.39, 0.29) is 0 Å². The minimum absolute atomic E-state index is 0.322. The largest absolute Gasteiger partial charge is 0.493 e. The molecule has 0 aliphatic heterocycles. The lowest BCUT2D eigenvalue weighted by molar-refractivity contribution is 0.251. The van der Waals surface area contributed by atoms with Crippen LogP contribution in [0.5, 0.6) is 11.5 Å². The quantitative estimate of drug-likeness (QED) is 0.882. The molecule has 114 valence electrons. The van der Waals surface area contributed by atoms with Gasteiger partial charge in [-0.3, -0.25) is 5.32 Å². The zero-order valence-corrected chi connectivity index (χ0v) is 12.9. The number of nitrogens with one attached hydrogen (secondary N) is 2. The fourth-order valence-corrected chi connectivity index (χ4v) is 2.31. The summed E-state index contributed by atoms with van der Waals surface area (Å²) in [6.45, 7) is 0.322. The standard InChI is InChI=1S/C14H14N4O3S/c1-20-11-4-3-9(5-12(11)21-2)7-16-13(19)18-14-17-8-10(6-15)22-14/h3-5,8H,7H2,1-2H3,(H2,16,17,18,19). The van der Waals surface area contributed by atoms with Crippen molar-refractivity contribution in [1.29, 1.82) is 5.26 Å². The predicted molar refractivity (Wildman–Crippen MR) is 82.2 cm³/mol. The van der Waals surface area contributed by atoms with Crippen molar-refractivity contribution in [2.75, 3.05) is 19.5 Å². The number of anilines is 1. The van der Waals surface area contributed by atoms with Gasteiger partial charge in [0.05, 0.1) is 20.4 Å². The van der Waals surface area contributed by atoms with Crippen molar-refractivity contribution in [2.24, 2.45) is 0 Å². The Bertz CT molecular complexity index is 708. The zero-order valence-electron chi connectivity index (χ0n) is 12.0. The van der Waals surface area contributed by atoms with E-state index in [9.17, 15) is 4.79 Å². The molecule has 0 aliphatic rings. The monoisotopic (exact) mass is 318 g/mol. The number of nitrogens with zero attached hydrogens (tertiary/aromatic N) is 2. The second-order valence-corrected chi connectivity index (χ2v) is 5.17. The van der Waals surface area contributed by atoms with Crippen LogP contribution in [0.3, 0.4) is 0 Å². The van der Waals surface area contributed by atoms with Crippen molar-refractivity contribution in [3.05, 3.63) is 34.8 Å². The van der Waals surface area contributed by atoms with Crippen LogP contribution < -0.4 is 20.1 Å². The predicted octanol–water partition coefficient (Wildman–Crippen LogP) is 2.35. The second-order valence-electron chi connectivity index (χ2n) is 4.14. The first-order chi connectivity index (χ1) is 10.7. The van der Waals surface area contributed by atoms with Gasteiger partial charge < -0.3 is 14.8 Å². The average Bonchev–Trinajstić information content (AvgIpc) is 3.00. The number of urea groups is 1. The van der Waals surface area contributed by atoms with Gasteiger partial charge in [0, 0.05) is 6.54 Å². The number of carbonyl (C=O) groups excluding carboxylic acids is 1. The molecule has 0 saturated heterocycles. The van der Waals surface area contributed by atoms with Crippen LogP contribution in [0.2, 0.25) is 0 Å². The van der Waals surface area contributed by atoms with Crippen LogP contribution in [0.1, 0.15) is 10.4 Å². The summed E-state index contributed by atoms with van der Waals surface area (Å²) in [4.78, 5) is 16.1. The summed E-state index contributed by atoms with van der Waals surface area (Å²) in [6, 6.07) is 6.96. The van der Waals surface area contributed by atoms with Gasteiger partial charge in [-0.15, -0.1) is 0 Å². The second kappa shape index (κ2) is 7.28. The Kier molecular flexibility index (Phi) is 5.16. The molecule has 2 rings (SSSR count). The van der Waals surface area contributed by atoms with E-state index in [0.29, 0.717) is 28.1 Å². The number of methoxy groups -OCH3 is 2. The van der Waals surface area contributed by atoms with E-state index in [4.69, 9.17) is 14.7 Å². The highest BCUT2D eigenvalue weighted by atomic mass is 32.1. The third-order valence-corrected chi connectivity index (χ3v) is 3.55. The molecule has 1 aromatic heterocycles. The van der Waals surface area contributed by atoms with Gasteiger partial charge in [0.15, 0.2) is 16.6 Å². The first kappa shape index (κ1) is 15.6. The van der Waals surface area contributed by atoms with E-state index in [0.717, 1.165) is 16.9 Å². The smallest absolute Gasteiger partial charge is 0.321 e. The molecule has 1 heterocycles. The van der Waals surface area contributed by atoms with Crippen LogP contribution >= 0.6 is 11.3 Å². The molecule has 8 heteroatoms. The van der Waals surface area contributed by atoms with Gasteiger partial charge in [-0.05, 0) is 17.7 Å². The maximum absolute atomic E-state index is 11.8. The van der Waals surface area contributed by atoms with Crippen molar-refractivity contribution in [3.63, 3.8) is 0 Å². The molecule has 0 saturated carbocycles. The van der Waals surface area contributed by atoms with Crippen LogP contribution in [0, 0.1) is 11.3 Å². The third kappa shape index (κ3) is 3.86. The molecule has 2 N–H and O–H groups in total. The molecular weight excluding hydrogens is 304 g/mol. The van der Waals surface area contributed by atoms with Gasteiger partial charge in [0.25, 0.3) is 0 Å². The summed E-state index contributed by atoms with van der Waals surface area (Å²) >= 11 is 1.11. The minimum atomic E-state index is -0.395.